The SMILES string of the molecule is NC(CSCl)C(=O)O. The highest BCUT2D eigenvalue weighted by molar-refractivity contribution is 8.21. The third-order valence-corrected chi connectivity index (χ3v) is 1.42. The maximum absolute atomic E-state index is 9.89. The van der Waals surface area contributed by atoms with E-state index in [0.29, 0.717) is 0 Å². The van der Waals surface area contributed by atoms with Crippen molar-refractivity contribution in [1.29, 1.82) is 0 Å². The van der Waals surface area contributed by atoms with Crippen LogP contribution < -0.4 is 5.73 Å². The third kappa shape index (κ3) is 3.12. The van der Waals surface area contributed by atoms with Crippen molar-refractivity contribution >= 4 is 27.6 Å². The van der Waals surface area contributed by atoms with Crippen LogP contribution in [0.25, 0.3) is 0 Å². The Morgan fingerprint density at radius 3 is 2.62 bits per heavy atom. The zero-order valence-corrected chi connectivity index (χ0v) is 5.58. The second-order valence-electron chi connectivity index (χ2n) is 1.22. The molecule has 1 atom stereocenters. The topological polar surface area (TPSA) is 63.3 Å². The fraction of sp³-hybridized carbons (Fsp3) is 0.667. The first-order valence-corrected chi connectivity index (χ1v) is 3.71. The summed E-state index contributed by atoms with van der Waals surface area (Å²) in [6.45, 7) is 0. The third-order valence-electron chi connectivity index (χ3n) is 0.560. The Labute approximate surface area is 55.7 Å². The van der Waals surface area contributed by atoms with Gasteiger partial charge in [-0.3, -0.25) is 4.79 Å². The molecule has 48 valence electrons. The Bertz CT molecular complexity index is 89.4. The van der Waals surface area contributed by atoms with E-state index < -0.39 is 12.0 Å². The van der Waals surface area contributed by atoms with Crippen LogP contribution in [0.2, 0.25) is 0 Å². The van der Waals surface area contributed by atoms with Crippen LogP contribution in [-0.2, 0) is 4.79 Å². The summed E-state index contributed by atoms with van der Waals surface area (Å²) in [4.78, 5) is 9.89. The molecule has 5 heteroatoms. The molecular formula is C3H6ClNO2S. The molecule has 0 radical (unpaired) electrons. The second kappa shape index (κ2) is 4.00. The van der Waals surface area contributed by atoms with Gasteiger partial charge in [0.15, 0.2) is 0 Å². The molecule has 0 heterocycles. The predicted molar refractivity (Wildman–Crippen MR) is 33.9 cm³/mol. The first-order valence-electron chi connectivity index (χ1n) is 1.90. The highest BCUT2D eigenvalue weighted by atomic mass is 35.7. The summed E-state index contributed by atoms with van der Waals surface area (Å²) in [5.41, 5.74) is 5.02. The lowest BCUT2D eigenvalue weighted by molar-refractivity contribution is -0.137. The van der Waals surface area contributed by atoms with Gasteiger partial charge in [-0.25, -0.2) is 0 Å². The molecule has 0 aromatic rings. The van der Waals surface area contributed by atoms with E-state index in [9.17, 15) is 4.79 Å². The van der Waals surface area contributed by atoms with Crippen molar-refractivity contribution in [3.05, 3.63) is 0 Å². The Hall–Kier alpha value is 0.0700. The molecule has 0 fully saturated rings. The Kier molecular flexibility index (Phi) is 4.03. The van der Waals surface area contributed by atoms with Crippen molar-refractivity contribution in [2.45, 2.75) is 6.04 Å². The number of carboxylic acids is 1. The number of hydrogen-bond acceptors (Lipinski definition) is 3. The molecule has 3 N–H and O–H groups in total. The molecule has 0 aliphatic heterocycles. The van der Waals surface area contributed by atoms with Gasteiger partial charge in [0.1, 0.15) is 6.04 Å². The molecule has 0 aliphatic carbocycles. The molecule has 0 aromatic carbocycles. The first kappa shape index (κ1) is 8.07. The molecule has 0 bridgehead atoms. The molecule has 0 saturated carbocycles. The Morgan fingerprint density at radius 2 is 2.50 bits per heavy atom. The van der Waals surface area contributed by atoms with Crippen molar-refractivity contribution in [3.8, 4) is 0 Å². The van der Waals surface area contributed by atoms with Gasteiger partial charge in [0.2, 0.25) is 0 Å². The lowest BCUT2D eigenvalue weighted by Crippen LogP contribution is -2.31. The number of rotatable bonds is 3. The van der Waals surface area contributed by atoms with Crippen molar-refractivity contribution in [2.24, 2.45) is 5.73 Å². The van der Waals surface area contributed by atoms with Crippen molar-refractivity contribution < 1.29 is 9.90 Å². The molecule has 0 saturated heterocycles. The normalized spacial score (nSPS) is 13.2. The summed E-state index contributed by atoms with van der Waals surface area (Å²) in [5, 5.41) is 8.12. The minimum atomic E-state index is -1.02. The molecular weight excluding hydrogens is 150 g/mol. The van der Waals surface area contributed by atoms with Gasteiger partial charge in [-0.15, -0.1) is 0 Å². The summed E-state index contributed by atoms with van der Waals surface area (Å²) < 4.78 is 0. The van der Waals surface area contributed by atoms with Crippen LogP contribution in [0, 0.1) is 0 Å². The minimum Gasteiger partial charge on any atom is -0.480 e. The second-order valence-corrected chi connectivity index (χ2v) is 2.43. The number of aliphatic carboxylic acids is 1. The zero-order chi connectivity index (χ0) is 6.57. The Morgan fingerprint density at radius 1 is 2.00 bits per heavy atom. The van der Waals surface area contributed by atoms with Crippen molar-refractivity contribution in [3.63, 3.8) is 0 Å². The van der Waals surface area contributed by atoms with E-state index in [0.717, 1.165) is 11.0 Å². The summed E-state index contributed by atoms with van der Waals surface area (Å²) in [7, 11) is 6.02. The van der Waals surface area contributed by atoms with Crippen molar-refractivity contribution in [2.75, 3.05) is 5.75 Å². The predicted octanol–water partition coefficient (Wildman–Crippen LogP) is 0.285. The molecule has 0 aromatic heterocycles. The van der Waals surface area contributed by atoms with E-state index in [1.807, 2.05) is 0 Å². The fourth-order valence-electron chi connectivity index (χ4n) is 0.139. The number of halogens is 1. The first-order chi connectivity index (χ1) is 3.68. The lowest BCUT2D eigenvalue weighted by atomic mass is 10.4. The van der Waals surface area contributed by atoms with E-state index in [1.54, 1.807) is 0 Å². The highest BCUT2D eigenvalue weighted by Gasteiger charge is 2.09. The molecule has 0 rings (SSSR count). The zero-order valence-electron chi connectivity index (χ0n) is 4.00. The summed E-state index contributed by atoms with van der Waals surface area (Å²) in [6.07, 6.45) is 0. The van der Waals surface area contributed by atoms with Crippen molar-refractivity contribution in [1.82, 2.24) is 0 Å². The molecule has 3 nitrogen and oxygen atoms in total. The maximum atomic E-state index is 9.89. The van der Waals surface area contributed by atoms with Gasteiger partial charge < -0.3 is 10.8 Å². The van der Waals surface area contributed by atoms with E-state index in [1.165, 1.54) is 0 Å². The fourth-order valence-corrected chi connectivity index (χ4v) is 0.825. The van der Waals surface area contributed by atoms with Gasteiger partial charge in [0, 0.05) is 5.75 Å². The smallest absolute Gasteiger partial charge is 0.321 e. The molecule has 0 amide bonds. The maximum Gasteiger partial charge on any atom is 0.321 e. The van der Waals surface area contributed by atoms with Gasteiger partial charge in [0.05, 0.1) is 0 Å². The number of carboxylic acid groups (broad SMARTS) is 1. The monoisotopic (exact) mass is 155 g/mol. The van der Waals surface area contributed by atoms with Crippen LogP contribution in [0.1, 0.15) is 0 Å². The van der Waals surface area contributed by atoms with Gasteiger partial charge in [-0.05, 0) is 10.7 Å². The van der Waals surface area contributed by atoms with Crippen LogP contribution in [0.15, 0.2) is 0 Å². The highest BCUT2D eigenvalue weighted by Crippen LogP contribution is 2.05. The number of carbonyl (C=O) groups is 1. The van der Waals surface area contributed by atoms with Gasteiger partial charge >= 0.3 is 5.97 Å². The molecule has 0 aliphatic rings. The summed E-state index contributed by atoms with van der Waals surface area (Å²) >= 11 is 0. The quantitative estimate of drug-likeness (QED) is 0.615. The standard InChI is InChI=1S/C3H6ClNO2S/c4-8-1-2(5)3(6)7/h2H,1,5H2,(H,6,7). The van der Waals surface area contributed by atoms with Crippen LogP contribution >= 0.6 is 21.7 Å². The van der Waals surface area contributed by atoms with Crippen LogP contribution in [0.4, 0.5) is 0 Å². The van der Waals surface area contributed by atoms with Gasteiger partial charge in [-0.2, -0.15) is 0 Å². The number of nitrogens with two attached hydrogens (primary N) is 1. The van der Waals surface area contributed by atoms with Crippen LogP contribution in [0.5, 0.6) is 0 Å². The summed E-state index contributed by atoms with van der Waals surface area (Å²) in [6, 6.07) is -0.836. The van der Waals surface area contributed by atoms with E-state index in [2.05, 4.69) is 0 Å². The van der Waals surface area contributed by atoms with E-state index in [4.69, 9.17) is 21.5 Å². The van der Waals surface area contributed by atoms with Crippen LogP contribution in [0.3, 0.4) is 0 Å². The van der Waals surface area contributed by atoms with Crippen LogP contribution in [-0.4, -0.2) is 22.9 Å². The van der Waals surface area contributed by atoms with E-state index >= 15 is 0 Å². The average Bonchev–Trinajstić information content (AvgIpc) is 1.67. The molecule has 0 spiro atoms. The lowest BCUT2D eigenvalue weighted by Gasteiger charge is -1.98. The number of hydrogen-bond donors (Lipinski definition) is 2. The van der Waals surface area contributed by atoms with E-state index in [-0.39, 0.29) is 5.75 Å². The largest absolute Gasteiger partial charge is 0.480 e. The molecule has 8 heavy (non-hydrogen) atoms. The van der Waals surface area contributed by atoms with Gasteiger partial charge in [0.25, 0.3) is 0 Å². The van der Waals surface area contributed by atoms with Gasteiger partial charge in [-0.1, -0.05) is 11.0 Å². The summed E-state index contributed by atoms with van der Waals surface area (Å²) in [5.74, 6) is -0.769. The minimum absolute atomic E-state index is 0.247. The molecule has 1 unspecified atom stereocenters. The Balaban J connectivity index is 3.32. The average molecular weight is 156 g/mol.